The van der Waals surface area contributed by atoms with Gasteiger partial charge in [0.25, 0.3) is 0 Å². The lowest BCUT2D eigenvalue weighted by atomic mass is 9.86. The first-order valence-corrected chi connectivity index (χ1v) is 15.7. The number of hydrogen-bond donors (Lipinski definition) is 3. The third-order valence-electron chi connectivity index (χ3n) is 8.63. The van der Waals surface area contributed by atoms with E-state index in [9.17, 15) is 19.1 Å². The lowest BCUT2D eigenvalue weighted by Gasteiger charge is -2.24. The Balaban J connectivity index is 1.00. The number of ether oxygens (including phenoxy) is 1. The highest BCUT2D eigenvalue weighted by molar-refractivity contribution is 7.22. The molecule has 3 N–H and O–H groups in total. The minimum absolute atomic E-state index is 0.0529. The Hall–Kier alpha value is -4.13. The first kappa shape index (κ1) is 28.6. The summed E-state index contributed by atoms with van der Waals surface area (Å²) in [5.41, 5.74) is 3.14. The molecule has 3 aromatic heterocycles. The summed E-state index contributed by atoms with van der Waals surface area (Å²) in [7, 11) is 0. The lowest BCUT2D eigenvalue weighted by molar-refractivity contribution is -0.133. The van der Waals surface area contributed by atoms with Crippen LogP contribution in [0.2, 0.25) is 0 Å². The summed E-state index contributed by atoms with van der Waals surface area (Å²) in [5.74, 6) is -0.221. The molecule has 10 nitrogen and oxygen atoms in total. The minimum atomic E-state index is -0.582. The molecular weight excluding hydrogens is 583 g/mol. The van der Waals surface area contributed by atoms with E-state index in [1.165, 1.54) is 23.5 Å². The second-order valence-electron chi connectivity index (χ2n) is 12.0. The Morgan fingerprint density at radius 2 is 1.93 bits per heavy atom. The van der Waals surface area contributed by atoms with Gasteiger partial charge in [0, 0.05) is 67.8 Å². The van der Waals surface area contributed by atoms with Crippen molar-refractivity contribution in [3.63, 3.8) is 0 Å². The molecule has 1 saturated carbocycles. The molecule has 12 heteroatoms. The molecule has 1 spiro atoms. The zero-order chi connectivity index (χ0) is 30.3. The van der Waals surface area contributed by atoms with Crippen molar-refractivity contribution in [1.29, 1.82) is 0 Å². The van der Waals surface area contributed by atoms with Crippen LogP contribution in [-0.2, 0) is 11.3 Å². The number of carbonyl (C=O) groups excluding carboxylic acids is 2. The Bertz CT molecular complexity index is 1710. The standard InChI is InChI=1S/C32H33FN6O4S/c33-23-13-22(37-31(42)36-21-2-3-21)4-6-26(23)43-27-7-10-34-25-14-28(44-30(25)27)24-5-1-20(15-35-24)16-38-11-8-32(18-38)9-12-39(19-32)29(41)17-40/h1,4-7,10,13-15,21,40H,2-3,8-9,11-12,16-19H2,(H2,36,37,42). The maximum absolute atomic E-state index is 14.9. The number of thiophene rings is 1. The number of anilines is 1. The molecule has 228 valence electrons. The van der Waals surface area contributed by atoms with Crippen molar-refractivity contribution in [2.45, 2.75) is 38.3 Å². The predicted molar refractivity (Wildman–Crippen MR) is 165 cm³/mol. The van der Waals surface area contributed by atoms with Crippen LogP contribution < -0.4 is 15.4 Å². The van der Waals surface area contributed by atoms with Crippen molar-refractivity contribution < 1.29 is 23.8 Å². The number of fused-ring (bicyclic) bond motifs is 1. The van der Waals surface area contributed by atoms with Gasteiger partial charge >= 0.3 is 6.03 Å². The molecule has 3 fully saturated rings. The van der Waals surface area contributed by atoms with E-state index in [-0.39, 0.29) is 29.1 Å². The highest BCUT2D eigenvalue weighted by Gasteiger charge is 2.44. The summed E-state index contributed by atoms with van der Waals surface area (Å²) < 4.78 is 21.7. The molecule has 2 aliphatic heterocycles. The Morgan fingerprint density at radius 1 is 1.07 bits per heavy atom. The first-order valence-electron chi connectivity index (χ1n) is 14.9. The van der Waals surface area contributed by atoms with Crippen LogP contribution in [0.3, 0.4) is 0 Å². The zero-order valence-electron chi connectivity index (χ0n) is 24.1. The largest absolute Gasteiger partial charge is 0.453 e. The van der Waals surface area contributed by atoms with Crippen molar-refractivity contribution in [2.75, 3.05) is 38.1 Å². The number of amides is 3. The van der Waals surface area contributed by atoms with Gasteiger partial charge in [0.1, 0.15) is 12.4 Å². The van der Waals surface area contributed by atoms with Crippen molar-refractivity contribution in [3.8, 4) is 22.1 Å². The topological polar surface area (TPSA) is 120 Å². The van der Waals surface area contributed by atoms with Crippen LogP contribution in [0.1, 0.15) is 31.2 Å². The van der Waals surface area contributed by atoms with Gasteiger partial charge in [-0.1, -0.05) is 6.07 Å². The third kappa shape index (κ3) is 6.10. The molecule has 2 saturated heterocycles. The Kier molecular flexibility index (Phi) is 7.65. The number of likely N-dealkylation sites (tertiary alicyclic amines) is 2. The van der Waals surface area contributed by atoms with Crippen LogP contribution in [-0.4, -0.2) is 75.6 Å². The second-order valence-corrected chi connectivity index (χ2v) is 13.0. The molecule has 1 unspecified atom stereocenters. The van der Waals surface area contributed by atoms with Crippen molar-refractivity contribution in [3.05, 3.63) is 66.2 Å². The van der Waals surface area contributed by atoms with Gasteiger partial charge in [-0.15, -0.1) is 11.3 Å². The fraction of sp³-hybridized carbons (Fsp3) is 0.375. The van der Waals surface area contributed by atoms with Crippen LogP contribution in [0.4, 0.5) is 14.9 Å². The molecule has 5 heterocycles. The maximum atomic E-state index is 14.9. The molecule has 7 rings (SSSR count). The highest BCUT2D eigenvalue weighted by atomic mass is 32.1. The summed E-state index contributed by atoms with van der Waals surface area (Å²) in [5, 5.41) is 14.7. The number of hydrogen-bond acceptors (Lipinski definition) is 8. The first-order chi connectivity index (χ1) is 21.4. The smallest absolute Gasteiger partial charge is 0.319 e. The molecule has 1 aliphatic carbocycles. The fourth-order valence-electron chi connectivity index (χ4n) is 6.15. The van der Waals surface area contributed by atoms with Crippen LogP contribution >= 0.6 is 11.3 Å². The summed E-state index contributed by atoms with van der Waals surface area (Å²) in [6.07, 6.45) is 7.51. The van der Waals surface area contributed by atoms with Gasteiger partial charge in [0.05, 0.1) is 20.8 Å². The number of benzene rings is 1. The van der Waals surface area contributed by atoms with E-state index in [0.717, 1.165) is 84.8 Å². The number of aliphatic hydroxyl groups is 1. The number of aromatic nitrogens is 2. The number of aliphatic hydroxyl groups excluding tert-OH is 1. The third-order valence-corrected chi connectivity index (χ3v) is 9.79. The van der Waals surface area contributed by atoms with Crippen LogP contribution in [0, 0.1) is 11.2 Å². The van der Waals surface area contributed by atoms with Crippen molar-refractivity contribution >= 4 is 39.2 Å². The average Bonchev–Trinajstić information content (AvgIpc) is 3.38. The SMILES string of the molecule is O=C(Nc1ccc(Oc2ccnc3cc(-c4ccc(CN5CCC6(CCN(C(=O)CO)C6)C5)cn4)sc23)c(F)c1)NC1CC1. The quantitative estimate of drug-likeness (QED) is 0.255. The van der Waals surface area contributed by atoms with Gasteiger partial charge in [0.15, 0.2) is 11.6 Å². The van der Waals surface area contributed by atoms with E-state index in [1.54, 1.807) is 23.2 Å². The summed E-state index contributed by atoms with van der Waals surface area (Å²) in [6.45, 7) is 3.72. The molecule has 1 aromatic carbocycles. The summed E-state index contributed by atoms with van der Waals surface area (Å²) >= 11 is 1.48. The van der Waals surface area contributed by atoms with Gasteiger partial charge in [-0.3, -0.25) is 19.7 Å². The molecule has 0 radical (unpaired) electrons. The molecule has 3 aliphatic rings. The van der Waals surface area contributed by atoms with E-state index < -0.39 is 12.4 Å². The Labute approximate surface area is 257 Å². The van der Waals surface area contributed by atoms with Gasteiger partial charge in [-0.25, -0.2) is 9.18 Å². The molecule has 4 aromatic rings. The molecule has 1 atom stereocenters. The molecule has 3 amide bonds. The predicted octanol–water partition coefficient (Wildman–Crippen LogP) is 4.99. The maximum Gasteiger partial charge on any atom is 0.319 e. The van der Waals surface area contributed by atoms with E-state index in [0.29, 0.717) is 11.4 Å². The second kappa shape index (κ2) is 11.8. The lowest BCUT2D eigenvalue weighted by Crippen LogP contribution is -2.35. The van der Waals surface area contributed by atoms with E-state index in [1.807, 2.05) is 18.3 Å². The zero-order valence-corrected chi connectivity index (χ0v) is 24.9. The normalized spacial score (nSPS) is 20.0. The van der Waals surface area contributed by atoms with Crippen molar-refractivity contribution in [1.82, 2.24) is 25.1 Å². The monoisotopic (exact) mass is 616 g/mol. The summed E-state index contributed by atoms with van der Waals surface area (Å²) in [6, 6.07) is 12.0. The average molecular weight is 617 g/mol. The van der Waals surface area contributed by atoms with E-state index in [2.05, 4.69) is 26.6 Å². The van der Waals surface area contributed by atoms with E-state index in [4.69, 9.17) is 9.72 Å². The number of nitrogens with one attached hydrogen (secondary N) is 2. The van der Waals surface area contributed by atoms with Gasteiger partial charge in [-0.05, 0) is 62.1 Å². The number of pyridine rings is 2. The Morgan fingerprint density at radius 3 is 2.70 bits per heavy atom. The van der Waals surface area contributed by atoms with Gasteiger partial charge in [0.2, 0.25) is 5.91 Å². The van der Waals surface area contributed by atoms with E-state index >= 15 is 0 Å². The molecular formula is C32H33FN6O4S. The van der Waals surface area contributed by atoms with Crippen LogP contribution in [0.5, 0.6) is 11.5 Å². The van der Waals surface area contributed by atoms with Crippen molar-refractivity contribution in [2.24, 2.45) is 5.41 Å². The van der Waals surface area contributed by atoms with Gasteiger partial charge in [-0.2, -0.15) is 0 Å². The number of rotatable bonds is 8. The summed E-state index contributed by atoms with van der Waals surface area (Å²) in [4.78, 5) is 38.3. The highest BCUT2D eigenvalue weighted by Crippen LogP contribution is 2.41. The number of carbonyl (C=O) groups is 2. The minimum Gasteiger partial charge on any atom is -0.453 e. The number of nitrogens with zero attached hydrogens (tertiary/aromatic N) is 4. The molecule has 44 heavy (non-hydrogen) atoms. The van der Waals surface area contributed by atoms with Gasteiger partial charge < -0.3 is 25.4 Å². The fourth-order valence-corrected chi connectivity index (χ4v) is 7.19. The van der Waals surface area contributed by atoms with Crippen LogP contribution in [0.25, 0.3) is 20.8 Å². The van der Waals surface area contributed by atoms with Crippen LogP contribution in [0.15, 0.2) is 54.9 Å². The number of halogens is 1. The number of urea groups is 1. The molecule has 0 bridgehead atoms.